The van der Waals surface area contributed by atoms with E-state index < -0.39 is 0 Å². The zero-order chi connectivity index (χ0) is 15.5. The third-order valence-corrected chi connectivity index (χ3v) is 3.62. The Morgan fingerprint density at radius 2 is 2.00 bits per heavy atom. The van der Waals surface area contributed by atoms with Crippen LogP contribution in [-0.4, -0.2) is 45.2 Å². The van der Waals surface area contributed by atoms with Gasteiger partial charge >= 0.3 is 0 Å². The molecule has 0 N–H and O–H groups in total. The monoisotopic (exact) mass is 300 g/mol. The predicted molar refractivity (Wildman–Crippen MR) is 78.6 cm³/mol. The second-order valence-corrected chi connectivity index (χ2v) is 5.09. The molecule has 1 saturated heterocycles. The van der Waals surface area contributed by atoms with E-state index in [0.717, 1.165) is 6.42 Å². The van der Waals surface area contributed by atoms with E-state index in [1.165, 1.54) is 10.0 Å². The molecule has 0 aliphatic carbocycles. The van der Waals surface area contributed by atoms with Gasteiger partial charge in [-0.1, -0.05) is 6.08 Å². The summed E-state index contributed by atoms with van der Waals surface area (Å²) < 4.78 is 4.63. The summed E-state index contributed by atoms with van der Waals surface area (Å²) >= 11 is 0. The van der Waals surface area contributed by atoms with E-state index in [1.54, 1.807) is 24.3 Å². The molecule has 0 unspecified atom stereocenters. The van der Waals surface area contributed by atoms with Crippen LogP contribution < -0.4 is 0 Å². The molecule has 3 rings (SSSR count). The summed E-state index contributed by atoms with van der Waals surface area (Å²) in [7, 11) is 0. The van der Waals surface area contributed by atoms with Gasteiger partial charge in [-0.25, -0.2) is 9.64 Å². The number of hydrogen-bond acceptors (Lipinski definition) is 5. The van der Waals surface area contributed by atoms with Crippen LogP contribution >= 0.6 is 0 Å². The molecule has 7 heteroatoms. The van der Waals surface area contributed by atoms with E-state index in [1.807, 2.05) is 0 Å². The van der Waals surface area contributed by atoms with E-state index in [-0.39, 0.29) is 11.8 Å². The number of carbonyl (C=O) groups is 2. The fraction of sp³-hybridized carbons (Fsp3) is 0.333. The van der Waals surface area contributed by atoms with Crippen molar-refractivity contribution >= 4 is 22.8 Å². The molecule has 2 heterocycles. The Bertz CT molecular complexity index is 724. The lowest BCUT2D eigenvalue weighted by molar-refractivity contribution is -0.140. The molecule has 1 aliphatic rings. The SMILES string of the molecule is C=CCCC(=O)N1CCCN1C(=O)c1ccc2nonc2c1. The predicted octanol–water partition coefficient (Wildman–Crippen LogP) is 1.78. The second kappa shape index (κ2) is 5.97. The van der Waals surface area contributed by atoms with Crippen LogP contribution in [0.25, 0.3) is 11.0 Å². The van der Waals surface area contributed by atoms with E-state index >= 15 is 0 Å². The Morgan fingerprint density at radius 1 is 1.23 bits per heavy atom. The standard InChI is InChI=1S/C15H16N4O3/c1-2-3-5-14(20)18-8-4-9-19(18)15(21)11-6-7-12-13(10-11)17-22-16-12/h2,6-7,10H,1,3-5,8-9H2. The minimum absolute atomic E-state index is 0.0602. The topological polar surface area (TPSA) is 79.5 Å². The van der Waals surface area contributed by atoms with Crippen LogP contribution in [0.3, 0.4) is 0 Å². The first kappa shape index (κ1) is 14.2. The average Bonchev–Trinajstić information content (AvgIpc) is 3.19. The molecule has 22 heavy (non-hydrogen) atoms. The van der Waals surface area contributed by atoms with Crippen LogP contribution in [0.2, 0.25) is 0 Å². The summed E-state index contributed by atoms with van der Waals surface area (Å²) in [6, 6.07) is 4.97. The second-order valence-electron chi connectivity index (χ2n) is 5.09. The van der Waals surface area contributed by atoms with Crippen molar-refractivity contribution < 1.29 is 14.2 Å². The number of rotatable bonds is 4. The van der Waals surface area contributed by atoms with Gasteiger partial charge in [0.25, 0.3) is 5.91 Å². The number of nitrogens with zero attached hydrogens (tertiary/aromatic N) is 4. The van der Waals surface area contributed by atoms with E-state index in [4.69, 9.17) is 0 Å². The van der Waals surface area contributed by atoms with Crippen molar-refractivity contribution in [1.29, 1.82) is 0 Å². The van der Waals surface area contributed by atoms with Gasteiger partial charge < -0.3 is 0 Å². The Labute approximate surface area is 127 Å². The van der Waals surface area contributed by atoms with Gasteiger partial charge in [0, 0.05) is 25.1 Å². The molecular formula is C15H16N4O3. The van der Waals surface area contributed by atoms with Crippen LogP contribution in [0, 0.1) is 0 Å². The van der Waals surface area contributed by atoms with Crippen LogP contribution in [0.15, 0.2) is 35.5 Å². The number of allylic oxidation sites excluding steroid dienone is 1. The van der Waals surface area contributed by atoms with Crippen molar-refractivity contribution in [2.75, 3.05) is 13.1 Å². The summed E-state index contributed by atoms with van der Waals surface area (Å²) in [4.78, 5) is 24.8. The minimum Gasteiger partial charge on any atom is -0.273 e. The van der Waals surface area contributed by atoms with Crippen molar-refractivity contribution in [3.8, 4) is 0 Å². The fourth-order valence-corrected chi connectivity index (χ4v) is 2.50. The normalized spacial score (nSPS) is 14.5. The molecule has 1 fully saturated rings. The number of carbonyl (C=O) groups excluding carboxylic acids is 2. The molecule has 0 atom stereocenters. The highest BCUT2D eigenvalue weighted by Crippen LogP contribution is 2.19. The number of benzene rings is 1. The third-order valence-electron chi connectivity index (χ3n) is 3.62. The van der Waals surface area contributed by atoms with Crippen molar-refractivity contribution in [1.82, 2.24) is 20.3 Å². The Morgan fingerprint density at radius 3 is 2.82 bits per heavy atom. The first-order chi connectivity index (χ1) is 10.7. The zero-order valence-corrected chi connectivity index (χ0v) is 12.1. The first-order valence-corrected chi connectivity index (χ1v) is 7.16. The van der Waals surface area contributed by atoms with Crippen molar-refractivity contribution in [3.63, 3.8) is 0 Å². The molecule has 0 saturated carbocycles. The average molecular weight is 300 g/mol. The van der Waals surface area contributed by atoms with Gasteiger partial charge in [0.1, 0.15) is 11.0 Å². The Balaban J connectivity index is 1.80. The lowest BCUT2D eigenvalue weighted by Crippen LogP contribution is -2.44. The summed E-state index contributed by atoms with van der Waals surface area (Å²) in [5, 5.41) is 10.5. The minimum atomic E-state index is -0.214. The van der Waals surface area contributed by atoms with Gasteiger partial charge in [0.15, 0.2) is 0 Å². The maximum Gasteiger partial charge on any atom is 0.272 e. The fourth-order valence-electron chi connectivity index (χ4n) is 2.50. The molecule has 2 aromatic rings. The smallest absolute Gasteiger partial charge is 0.272 e. The molecular weight excluding hydrogens is 284 g/mol. The lowest BCUT2D eigenvalue weighted by Gasteiger charge is -2.27. The van der Waals surface area contributed by atoms with Gasteiger partial charge in [0.05, 0.1) is 0 Å². The summed E-state index contributed by atoms with van der Waals surface area (Å²) in [6.07, 6.45) is 3.44. The highest BCUT2D eigenvalue weighted by molar-refractivity contribution is 5.98. The third kappa shape index (κ3) is 2.57. The van der Waals surface area contributed by atoms with Crippen LogP contribution in [0.4, 0.5) is 0 Å². The first-order valence-electron chi connectivity index (χ1n) is 7.16. The molecule has 1 aromatic heterocycles. The molecule has 0 bridgehead atoms. The van der Waals surface area contributed by atoms with Crippen LogP contribution in [0.5, 0.6) is 0 Å². The van der Waals surface area contributed by atoms with Crippen molar-refractivity contribution in [3.05, 3.63) is 36.4 Å². The molecule has 1 aliphatic heterocycles. The number of aromatic nitrogens is 2. The Hall–Kier alpha value is -2.70. The zero-order valence-electron chi connectivity index (χ0n) is 12.1. The number of amides is 2. The number of fused-ring (bicyclic) bond motifs is 1. The number of hydrogen-bond donors (Lipinski definition) is 0. The van der Waals surface area contributed by atoms with Gasteiger partial charge in [0.2, 0.25) is 5.91 Å². The Kier molecular flexibility index (Phi) is 3.86. The molecule has 0 radical (unpaired) electrons. The lowest BCUT2D eigenvalue weighted by atomic mass is 10.2. The van der Waals surface area contributed by atoms with Crippen molar-refractivity contribution in [2.45, 2.75) is 19.3 Å². The largest absolute Gasteiger partial charge is 0.273 e. The maximum atomic E-state index is 12.6. The summed E-state index contributed by atoms with van der Waals surface area (Å²) in [5.74, 6) is -0.274. The van der Waals surface area contributed by atoms with Crippen molar-refractivity contribution in [2.24, 2.45) is 0 Å². The molecule has 2 amide bonds. The van der Waals surface area contributed by atoms with Gasteiger partial charge in [-0.15, -0.1) is 6.58 Å². The van der Waals surface area contributed by atoms with E-state index in [0.29, 0.717) is 42.5 Å². The molecule has 7 nitrogen and oxygen atoms in total. The van der Waals surface area contributed by atoms with Gasteiger partial charge in [-0.2, -0.15) is 0 Å². The highest BCUT2D eigenvalue weighted by Gasteiger charge is 2.30. The van der Waals surface area contributed by atoms with Crippen LogP contribution in [0.1, 0.15) is 29.6 Å². The quantitative estimate of drug-likeness (QED) is 0.804. The van der Waals surface area contributed by atoms with Gasteiger partial charge in [-0.05, 0) is 41.4 Å². The van der Waals surface area contributed by atoms with E-state index in [9.17, 15) is 9.59 Å². The summed E-state index contributed by atoms with van der Waals surface area (Å²) in [6.45, 7) is 4.71. The number of hydrazine groups is 1. The van der Waals surface area contributed by atoms with Crippen LogP contribution in [-0.2, 0) is 4.79 Å². The van der Waals surface area contributed by atoms with E-state index in [2.05, 4.69) is 21.5 Å². The maximum absolute atomic E-state index is 12.6. The summed E-state index contributed by atoms with van der Waals surface area (Å²) in [5.41, 5.74) is 1.58. The molecule has 114 valence electrons. The molecule has 1 aromatic carbocycles. The highest BCUT2D eigenvalue weighted by atomic mass is 16.6. The van der Waals surface area contributed by atoms with Gasteiger partial charge in [-0.3, -0.25) is 14.6 Å². The molecule has 0 spiro atoms.